The molecule has 13 heavy (non-hydrogen) atoms. The zero-order valence-electron chi connectivity index (χ0n) is 6.79. The van der Waals surface area contributed by atoms with Crippen LogP contribution in [0.5, 0.6) is 0 Å². The van der Waals surface area contributed by atoms with E-state index in [1.54, 1.807) is 0 Å². The Morgan fingerprint density at radius 2 is 2.00 bits per heavy atom. The molecule has 0 aliphatic heterocycles. The van der Waals surface area contributed by atoms with Crippen molar-refractivity contribution in [1.29, 1.82) is 0 Å². The molecule has 2 atom stereocenters. The van der Waals surface area contributed by atoms with E-state index in [1.165, 1.54) is 0 Å². The van der Waals surface area contributed by atoms with E-state index in [0.29, 0.717) is 0 Å². The van der Waals surface area contributed by atoms with Crippen molar-refractivity contribution in [3.8, 4) is 0 Å². The average molecular weight is 191 g/mol. The second-order valence-electron chi connectivity index (χ2n) is 3.31. The largest absolute Gasteiger partial charge is 0.481 e. The molecule has 0 heterocycles. The fourth-order valence-electron chi connectivity index (χ4n) is 1.28. The van der Waals surface area contributed by atoms with Crippen LogP contribution in [0.4, 0.5) is 4.39 Å². The topological polar surface area (TPSA) is 101 Å². The van der Waals surface area contributed by atoms with Crippen LogP contribution in [0.15, 0.2) is 0 Å². The Bertz CT molecular complexity index is 269. The lowest BCUT2D eigenvalue weighted by atomic mass is 10.1. The van der Waals surface area contributed by atoms with Gasteiger partial charge in [-0.15, -0.1) is 0 Å². The summed E-state index contributed by atoms with van der Waals surface area (Å²) in [4.78, 5) is 20.5. The highest BCUT2D eigenvalue weighted by Gasteiger charge is 2.71. The molecule has 1 saturated carbocycles. The molecule has 0 unspecified atom stereocenters. The molecule has 1 aliphatic carbocycles. The third-order valence-electron chi connectivity index (χ3n) is 2.35. The predicted molar refractivity (Wildman–Crippen MR) is 39.9 cm³/mol. The maximum absolute atomic E-state index is 13.4. The molecule has 0 saturated heterocycles. The molecule has 5 nitrogen and oxygen atoms in total. The quantitative estimate of drug-likeness (QED) is 0.568. The van der Waals surface area contributed by atoms with Crippen LogP contribution >= 0.6 is 0 Å². The van der Waals surface area contributed by atoms with Crippen LogP contribution in [-0.2, 0) is 9.59 Å². The average Bonchev–Trinajstić information content (AvgIpc) is 2.54. The Hall–Kier alpha value is -1.17. The van der Waals surface area contributed by atoms with Crippen molar-refractivity contribution in [3.05, 3.63) is 0 Å². The van der Waals surface area contributed by atoms with Gasteiger partial charge in [0.15, 0.2) is 5.54 Å². The maximum atomic E-state index is 13.4. The van der Waals surface area contributed by atoms with E-state index in [-0.39, 0.29) is 12.8 Å². The van der Waals surface area contributed by atoms with Gasteiger partial charge >= 0.3 is 11.9 Å². The van der Waals surface area contributed by atoms with Gasteiger partial charge in [0.25, 0.3) is 0 Å². The number of hydrogen-bond donors (Lipinski definition) is 3. The van der Waals surface area contributed by atoms with Crippen molar-refractivity contribution in [1.82, 2.24) is 0 Å². The van der Waals surface area contributed by atoms with E-state index in [9.17, 15) is 14.0 Å². The van der Waals surface area contributed by atoms with Crippen LogP contribution < -0.4 is 5.73 Å². The van der Waals surface area contributed by atoms with E-state index >= 15 is 0 Å². The Labute approximate surface area is 73.3 Å². The summed E-state index contributed by atoms with van der Waals surface area (Å²) < 4.78 is 13.4. The minimum atomic E-state index is -2.04. The van der Waals surface area contributed by atoms with Crippen LogP contribution in [0.1, 0.15) is 19.3 Å². The standard InChI is InChI=1S/C7H10FNO4/c8-6(2-1-4(10)11)3-7(6,9)5(12)13/h1-3,9H2,(H,10,11)(H,12,13)/t6-,7-/m0/s1. The fraction of sp³-hybridized carbons (Fsp3) is 0.714. The summed E-state index contributed by atoms with van der Waals surface area (Å²) in [5, 5.41) is 16.8. The molecule has 1 aliphatic rings. The van der Waals surface area contributed by atoms with Crippen molar-refractivity contribution >= 4 is 11.9 Å². The van der Waals surface area contributed by atoms with Gasteiger partial charge in [-0.1, -0.05) is 0 Å². The molecule has 0 spiro atoms. The number of rotatable bonds is 4. The number of halogens is 1. The molecule has 0 bridgehead atoms. The van der Waals surface area contributed by atoms with Crippen molar-refractivity contribution in [2.45, 2.75) is 30.5 Å². The zero-order chi connectivity index (χ0) is 10.3. The van der Waals surface area contributed by atoms with Gasteiger partial charge in [-0.25, -0.2) is 4.39 Å². The highest BCUT2D eigenvalue weighted by atomic mass is 19.1. The first kappa shape index (κ1) is 9.91. The molecule has 0 amide bonds. The Kier molecular flexibility index (Phi) is 2.03. The van der Waals surface area contributed by atoms with Crippen LogP contribution in [0.25, 0.3) is 0 Å². The maximum Gasteiger partial charge on any atom is 0.327 e. The summed E-state index contributed by atoms with van der Waals surface area (Å²) in [5.41, 5.74) is 1.27. The van der Waals surface area contributed by atoms with E-state index in [2.05, 4.69) is 0 Å². The number of hydrogen-bond acceptors (Lipinski definition) is 3. The van der Waals surface area contributed by atoms with Crippen LogP contribution in [0.3, 0.4) is 0 Å². The number of carboxylic acids is 2. The predicted octanol–water partition coefficient (Wildman–Crippen LogP) is -0.255. The normalized spacial score (nSPS) is 37.1. The molecular formula is C7H10FNO4. The third kappa shape index (κ3) is 1.49. The third-order valence-corrected chi connectivity index (χ3v) is 2.35. The molecule has 0 aromatic rings. The lowest BCUT2D eigenvalue weighted by Crippen LogP contribution is -2.40. The van der Waals surface area contributed by atoms with Gasteiger partial charge in [0.2, 0.25) is 0 Å². The molecule has 4 N–H and O–H groups in total. The molecule has 74 valence electrons. The SMILES string of the molecule is N[C@]1(C(=O)O)C[C@@]1(F)CCC(=O)O. The molecule has 0 radical (unpaired) electrons. The smallest absolute Gasteiger partial charge is 0.327 e. The Morgan fingerprint density at radius 3 is 2.31 bits per heavy atom. The monoisotopic (exact) mass is 191 g/mol. The van der Waals surface area contributed by atoms with Crippen molar-refractivity contribution in [2.24, 2.45) is 5.73 Å². The van der Waals surface area contributed by atoms with Crippen molar-refractivity contribution < 1.29 is 24.2 Å². The highest BCUT2D eigenvalue weighted by molar-refractivity contribution is 5.85. The molecule has 1 rings (SSSR count). The first-order valence-corrected chi connectivity index (χ1v) is 3.75. The van der Waals surface area contributed by atoms with Gasteiger partial charge in [-0.3, -0.25) is 9.59 Å². The van der Waals surface area contributed by atoms with E-state index in [1.807, 2.05) is 0 Å². The molecule has 1 fully saturated rings. The number of alkyl halides is 1. The summed E-state index contributed by atoms with van der Waals surface area (Å²) in [6, 6.07) is 0. The van der Waals surface area contributed by atoms with Gasteiger partial charge in [0, 0.05) is 12.8 Å². The van der Waals surface area contributed by atoms with Crippen LogP contribution in [0.2, 0.25) is 0 Å². The summed E-state index contributed by atoms with van der Waals surface area (Å²) in [7, 11) is 0. The van der Waals surface area contributed by atoms with E-state index in [4.69, 9.17) is 15.9 Å². The van der Waals surface area contributed by atoms with E-state index in [0.717, 1.165) is 0 Å². The number of carbonyl (C=O) groups is 2. The second kappa shape index (κ2) is 2.66. The zero-order valence-corrected chi connectivity index (χ0v) is 6.79. The lowest BCUT2D eigenvalue weighted by molar-refractivity contribution is -0.142. The molecule has 6 heteroatoms. The van der Waals surface area contributed by atoms with Gasteiger partial charge in [-0.05, 0) is 6.42 Å². The minimum absolute atomic E-state index is 0.303. The summed E-state index contributed by atoms with van der Waals surface area (Å²) in [5.74, 6) is -2.57. The van der Waals surface area contributed by atoms with Gasteiger partial charge in [0.1, 0.15) is 5.67 Å². The summed E-state index contributed by atoms with van der Waals surface area (Å²) in [6.45, 7) is 0. The van der Waals surface area contributed by atoms with E-state index < -0.39 is 29.6 Å². The lowest BCUT2D eigenvalue weighted by Gasteiger charge is -2.09. The van der Waals surface area contributed by atoms with Gasteiger partial charge < -0.3 is 15.9 Å². The minimum Gasteiger partial charge on any atom is -0.481 e. The number of carboxylic acid groups (broad SMARTS) is 2. The van der Waals surface area contributed by atoms with Crippen LogP contribution in [-0.4, -0.2) is 33.4 Å². The number of nitrogens with two attached hydrogens (primary N) is 1. The van der Waals surface area contributed by atoms with Crippen molar-refractivity contribution in [2.75, 3.05) is 0 Å². The van der Waals surface area contributed by atoms with Crippen LogP contribution in [0, 0.1) is 0 Å². The van der Waals surface area contributed by atoms with Crippen molar-refractivity contribution in [3.63, 3.8) is 0 Å². The molecule has 0 aromatic carbocycles. The summed E-state index contributed by atoms with van der Waals surface area (Å²) >= 11 is 0. The molecule has 0 aromatic heterocycles. The molecular weight excluding hydrogens is 181 g/mol. The van der Waals surface area contributed by atoms with Gasteiger partial charge in [0.05, 0.1) is 0 Å². The highest BCUT2D eigenvalue weighted by Crippen LogP contribution is 2.52. The fourth-order valence-corrected chi connectivity index (χ4v) is 1.28. The Balaban J connectivity index is 2.54. The second-order valence-corrected chi connectivity index (χ2v) is 3.31. The summed E-state index contributed by atoms with van der Waals surface area (Å²) in [6.07, 6.45) is -1.05. The first-order valence-electron chi connectivity index (χ1n) is 3.75. The Morgan fingerprint density at radius 1 is 1.46 bits per heavy atom. The number of aliphatic carboxylic acids is 2. The van der Waals surface area contributed by atoms with Gasteiger partial charge in [-0.2, -0.15) is 0 Å². The first-order chi connectivity index (χ1) is 5.82.